The number of nitro groups is 1. The van der Waals surface area contributed by atoms with Crippen molar-refractivity contribution in [3.8, 4) is 23.0 Å². The van der Waals surface area contributed by atoms with Gasteiger partial charge < -0.3 is 18.9 Å². The van der Waals surface area contributed by atoms with Crippen LogP contribution in [0.3, 0.4) is 0 Å². The Morgan fingerprint density at radius 1 is 0.947 bits per heavy atom. The number of hydrazone groups is 1. The van der Waals surface area contributed by atoms with E-state index in [1.807, 2.05) is 6.92 Å². The highest BCUT2D eigenvalue weighted by Crippen LogP contribution is 2.29. The standard InChI is InChI=1S/C27H27N3O8/c1-4-35-22-11-7-20(8-12-22)27(32)38-24-15-6-19(16-25(24)36-5-2)17-28-29-26(31)18(3)37-23-13-9-21(10-14-23)30(33)34/h6-18H,4-5H2,1-3H3,(H,29,31). The van der Waals surface area contributed by atoms with Crippen LogP contribution in [0.25, 0.3) is 0 Å². The first-order valence-electron chi connectivity index (χ1n) is 11.8. The average molecular weight is 522 g/mol. The van der Waals surface area contributed by atoms with Gasteiger partial charge in [0.05, 0.1) is 29.9 Å². The van der Waals surface area contributed by atoms with Gasteiger partial charge in [-0.2, -0.15) is 5.10 Å². The van der Waals surface area contributed by atoms with Crippen LogP contribution >= 0.6 is 0 Å². The predicted molar refractivity (Wildman–Crippen MR) is 139 cm³/mol. The summed E-state index contributed by atoms with van der Waals surface area (Å²) in [5, 5.41) is 14.7. The van der Waals surface area contributed by atoms with Crippen molar-refractivity contribution >= 4 is 23.8 Å². The normalized spacial score (nSPS) is 11.4. The van der Waals surface area contributed by atoms with Crippen LogP contribution in [0.4, 0.5) is 5.69 Å². The highest BCUT2D eigenvalue weighted by Gasteiger charge is 2.16. The summed E-state index contributed by atoms with van der Waals surface area (Å²) >= 11 is 0. The van der Waals surface area contributed by atoms with Crippen LogP contribution in [0.2, 0.25) is 0 Å². The molecule has 1 N–H and O–H groups in total. The van der Waals surface area contributed by atoms with Crippen LogP contribution in [0.15, 0.2) is 71.8 Å². The number of hydrogen-bond acceptors (Lipinski definition) is 9. The van der Waals surface area contributed by atoms with E-state index in [1.54, 1.807) is 49.4 Å². The fraction of sp³-hybridized carbons (Fsp3) is 0.222. The Kier molecular flexibility index (Phi) is 9.75. The lowest BCUT2D eigenvalue weighted by Gasteiger charge is -2.13. The fourth-order valence-corrected chi connectivity index (χ4v) is 3.14. The number of ether oxygens (including phenoxy) is 4. The number of nitro benzene ring substituents is 1. The lowest BCUT2D eigenvalue weighted by Crippen LogP contribution is -2.33. The lowest BCUT2D eigenvalue weighted by molar-refractivity contribution is -0.384. The van der Waals surface area contributed by atoms with E-state index >= 15 is 0 Å². The molecule has 0 radical (unpaired) electrons. The van der Waals surface area contributed by atoms with Crippen molar-refractivity contribution in [2.45, 2.75) is 26.9 Å². The van der Waals surface area contributed by atoms with Gasteiger partial charge in [-0.25, -0.2) is 10.2 Å². The molecule has 0 saturated heterocycles. The summed E-state index contributed by atoms with van der Waals surface area (Å²) in [5.41, 5.74) is 3.23. The quantitative estimate of drug-likeness (QED) is 0.121. The average Bonchev–Trinajstić information content (AvgIpc) is 2.91. The van der Waals surface area contributed by atoms with Crippen molar-refractivity contribution < 1.29 is 33.5 Å². The SMILES string of the molecule is CCOc1ccc(C(=O)Oc2ccc(C=NNC(=O)C(C)Oc3ccc([N+](=O)[O-])cc3)cc2OCC)cc1. The van der Waals surface area contributed by atoms with Crippen LogP contribution < -0.4 is 24.4 Å². The topological polar surface area (TPSA) is 139 Å². The second kappa shape index (κ2) is 13.4. The van der Waals surface area contributed by atoms with Crippen LogP contribution in [0.1, 0.15) is 36.7 Å². The molecular weight excluding hydrogens is 494 g/mol. The zero-order valence-electron chi connectivity index (χ0n) is 21.1. The molecule has 1 unspecified atom stereocenters. The molecule has 0 saturated carbocycles. The molecule has 1 amide bonds. The number of carbonyl (C=O) groups excluding carboxylic acids is 2. The fourth-order valence-electron chi connectivity index (χ4n) is 3.14. The summed E-state index contributed by atoms with van der Waals surface area (Å²) in [6.07, 6.45) is 0.494. The van der Waals surface area contributed by atoms with Crippen LogP contribution in [0, 0.1) is 10.1 Å². The number of rotatable bonds is 12. The zero-order valence-corrected chi connectivity index (χ0v) is 21.1. The summed E-state index contributed by atoms with van der Waals surface area (Å²) < 4.78 is 22.0. The maximum Gasteiger partial charge on any atom is 0.343 e. The van der Waals surface area contributed by atoms with E-state index in [9.17, 15) is 19.7 Å². The molecule has 0 bridgehead atoms. The van der Waals surface area contributed by atoms with Gasteiger partial charge in [-0.3, -0.25) is 14.9 Å². The van der Waals surface area contributed by atoms with Crippen molar-refractivity contribution in [3.63, 3.8) is 0 Å². The predicted octanol–water partition coefficient (Wildman–Crippen LogP) is 4.53. The third-order valence-electron chi connectivity index (χ3n) is 4.99. The smallest absolute Gasteiger partial charge is 0.343 e. The number of carbonyl (C=O) groups is 2. The monoisotopic (exact) mass is 521 g/mol. The highest BCUT2D eigenvalue weighted by atomic mass is 16.6. The molecule has 11 nitrogen and oxygen atoms in total. The minimum atomic E-state index is -0.906. The molecule has 0 aromatic heterocycles. The van der Waals surface area contributed by atoms with Crippen LogP contribution in [-0.2, 0) is 4.79 Å². The van der Waals surface area contributed by atoms with Gasteiger partial charge in [0.2, 0.25) is 0 Å². The number of benzene rings is 3. The molecule has 11 heteroatoms. The number of hydrogen-bond donors (Lipinski definition) is 1. The Labute approximate surface area is 219 Å². The number of esters is 1. The van der Waals surface area contributed by atoms with Crippen molar-refractivity contribution in [3.05, 3.63) is 88.0 Å². The molecule has 3 aromatic rings. The van der Waals surface area contributed by atoms with Gasteiger partial charge in [-0.15, -0.1) is 0 Å². The molecule has 0 aliphatic rings. The van der Waals surface area contributed by atoms with E-state index in [1.165, 1.54) is 37.4 Å². The largest absolute Gasteiger partial charge is 0.494 e. The highest BCUT2D eigenvalue weighted by molar-refractivity contribution is 5.92. The van der Waals surface area contributed by atoms with Gasteiger partial charge in [0.1, 0.15) is 11.5 Å². The van der Waals surface area contributed by atoms with Crippen molar-refractivity contribution in [1.82, 2.24) is 5.43 Å². The van der Waals surface area contributed by atoms with E-state index in [4.69, 9.17) is 18.9 Å². The number of amides is 1. The molecule has 0 heterocycles. The van der Waals surface area contributed by atoms with E-state index in [0.717, 1.165) is 0 Å². The summed E-state index contributed by atoms with van der Waals surface area (Å²) in [5.74, 6) is 0.449. The van der Waals surface area contributed by atoms with Gasteiger partial charge >= 0.3 is 5.97 Å². The Hall–Kier alpha value is -4.93. The summed E-state index contributed by atoms with van der Waals surface area (Å²) in [6.45, 7) is 6.05. The van der Waals surface area contributed by atoms with Crippen molar-refractivity contribution in [1.29, 1.82) is 0 Å². The molecule has 0 aliphatic carbocycles. The van der Waals surface area contributed by atoms with Gasteiger partial charge in [-0.1, -0.05) is 0 Å². The number of nitrogens with one attached hydrogen (secondary N) is 1. The third kappa shape index (κ3) is 7.79. The van der Waals surface area contributed by atoms with E-state index in [2.05, 4.69) is 10.5 Å². The van der Waals surface area contributed by atoms with E-state index < -0.39 is 22.9 Å². The molecule has 0 fully saturated rings. The Morgan fingerprint density at radius 3 is 2.24 bits per heavy atom. The van der Waals surface area contributed by atoms with E-state index in [0.29, 0.717) is 41.6 Å². The molecular formula is C27H27N3O8. The maximum absolute atomic E-state index is 12.6. The second-order valence-corrected chi connectivity index (χ2v) is 7.73. The van der Waals surface area contributed by atoms with Crippen molar-refractivity contribution in [2.75, 3.05) is 13.2 Å². The van der Waals surface area contributed by atoms with Gasteiger partial charge in [0, 0.05) is 12.1 Å². The van der Waals surface area contributed by atoms with Crippen molar-refractivity contribution in [2.24, 2.45) is 5.10 Å². The first-order chi connectivity index (χ1) is 18.3. The summed E-state index contributed by atoms with van der Waals surface area (Å²) in [6, 6.07) is 16.8. The maximum atomic E-state index is 12.6. The molecule has 0 aliphatic heterocycles. The van der Waals surface area contributed by atoms with Gasteiger partial charge in [0.15, 0.2) is 17.6 Å². The third-order valence-corrected chi connectivity index (χ3v) is 4.99. The Morgan fingerprint density at radius 2 is 1.61 bits per heavy atom. The van der Waals surface area contributed by atoms with Crippen LogP contribution in [-0.4, -0.2) is 42.3 Å². The molecule has 38 heavy (non-hydrogen) atoms. The second-order valence-electron chi connectivity index (χ2n) is 7.73. The Bertz CT molecular complexity index is 1290. The first kappa shape index (κ1) is 27.7. The minimum Gasteiger partial charge on any atom is -0.494 e. The first-order valence-corrected chi connectivity index (χ1v) is 11.8. The van der Waals surface area contributed by atoms with Gasteiger partial charge in [0.25, 0.3) is 11.6 Å². The molecule has 0 spiro atoms. The zero-order chi connectivity index (χ0) is 27.5. The molecule has 3 rings (SSSR count). The minimum absolute atomic E-state index is 0.0811. The molecule has 198 valence electrons. The number of non-ortho nitro benzene ring substituents is 1. The summed E-state index contributed by atoms with van der Waals surface area (Å²) in [4.78, 5) is 35.1. The summed E-state index contributed by atoms with van der Waals surface area (Å²) in [7, 11) is 0. The molecule has 1 atom stereocenters. The van der Waals surface area contributed by atoms with E-state index in [-0.39, 0.29) is 11.4 Å². The van der Waals surface area contributed by atoms with Gasteiger partial charge in [-0.05, 0) is 80.9 Å². The Balaban J connectivity index is 1.60. The number of nitrogens with zero attached hydrogens (tertiary/aromatic N) is 2. The lowest BCUT2D eigenvalue weighted by atomic mass is 10.2. The van der Waals surface area contributed by atoms with Crippen LogP contribution in [0.5, 0.6) is 23.0 Å². The molecule has 3 aromatic carbocycles.